The zero-order chi connectivity index (χ0) is 17.4. The largest absolute Gasteiger partial charge is 0.486 e. The van der Waals surface area contributed by atoms with Crippen molar-refractivity contribution in [2.24, 2.45) is 5.92 Å². The second-order valence-electron chi connectivity index (χ2n) is 5.52. The second-order valence-corrected chi connectivity index (χ2v) is 5.52. The van der Waals surface area contributed by atoms with Crippen molar-refractivity contribution in [1.29, 1.82) is 5.26 Å². The van der Waals surface area contributed by atoms with Crippen LogP contribution >= 0.6 is 0 Å². The fraction of sp³-hybridized carbons (Fsp3) is 0.333. The number of aliphatic hydroxyl groups is 1. The van der Waals surface area contributed by atoms with Crippen LogP contribution in [0, 0.1) is 17.2 Å². The van der Waals surface area contributed by atoms with Crippen LogP contribution in [0.1, 0.15) is 35.2 Å². The first-order chi connectivity index (χ1) is 11.6. The molecule has 1 heterocycles. The maximum absolute atomic E-state index is 12.0. The van der Waals surface area contributed by atoms with E-state index in [9.17, 15) is 4.79 Å². The molecule has 1 amide bonds. The van der Waals surface area contributed by atoms with E-state index in [4.69, 9.17) is 19.5 Å². The van der Waals surface area contributed by atoms with E-state index in [1.165, 1.54) is 0 Å². The molecule has 0 spiro atoms. The van der Waals surface area contributed by atoms with Crippen LogP contribution in [0.15, 0.2) is 40.8 Å². The van der Waals surface area contributed by atoms with Crippen LogP contribution in [0.25, 0.3) is 0 Å². The molecule has 1 unspecified atom stereocenters. The Morgan fingerprint density at radius 2 is 2.08 bits per heavy atom. The fourth-order valence-corrected chi connectivity index (χ4v) is 2.03. The fourth-order valence-electron chi connectivity index (χ4n) is 2.03. The standard InChI is InChI=1S/C18H20N2O4/c1-13(8-9-21)11-20-18(22)17-7-6-16(24-17)12-23-15-4-2-14(10-19)3-5-15/h2-7,13,21H,8-9,11-12H2,1H3,(H,20,22). The number of hydrogen-bond donors (Lipinski definition) is 2. The van der Waals surface area contributed by atoms with Crippen molar-refractivity contribution in [1.82, 2.24) is 5.32 Å². The van der Waals surface area contributed by atoms with E-state index in [0.29, 0.717) is 30.0 Å². The molecule has 0 radical (unpaired) electrons. The molecule has 0 aliphatic rings. The summed E-state index contributed by atoms with van der Waals surface area (Å²) in [5.74, 6) is 1.30. The zero-order valence-corrected chi connectivity index (χ0v) is 13.5. The van der Waals surface area contributed by atoms with Crippen molar-refractivity contribution in [3.8, 4) is 11.8 Å². The molecule has 2 rings (SSSR count). The highest BCUT2D eigenvalue weighted by Gasteiger charge is 2.12. The number of carbonyl (C=O) groups excluding carboxylic acids is 1. The van der Waals surface area contributed by atoms with Gasteiger partial charge in [0.2, 0.25) is 0 Å². The Labute approximate surface area is 140 Å². The predicted molar refractivity (Wildman–Crippen MR) is 87.4 cm³/mol. The van der Waals surface area contributed by atoms with Gasteiger partial charge in [-0.1, -0.05) is 6.92 Å². The highest BCUT2D eigenvalue weighted by molar-refractivity contribution is 5.91. The number of rotatable bonds is 8. The molecule has 0 saturated carbocycles. The molecule has 6 nitrogen and oxygen atoms in total. The average molecular weight is 328 g/mol. The third-order valence-electron chi connectivity index (χ3n) is 3.48. The maximum Gasteiger partial charge on any atom is 0.287 e. The van der Waals surface area contributed by atoms with E-state index in [1.54, 1.807) is 36.4 Å². The molecule has 0 bridgehead atoms. The van der Waals surface area contributed by atoms with E-state index in [1.807, 2.05) is 13.0 Å². The van der Waals surface area contributed by atoms with Crippen molar-refractivity contribution in [3.05, 3.63) is 53.5 Å². The van der Waals surface area contributed by atoms with Crippen LogP contribution < -0.4 is 10.1 Å². The Morgan fingerprint density at radius 3 is 2.75 bits per heavy atom. The van der Waals surface area contributed by atoms with Crippen molar-refractivity contribution >= 4 is 5.91 Å². The van der Waals surface area contributed by atoms with Gasteiger partial charge in [0.1, 0.15) is 18.1 Å². The van der Waals surface area contributed by atoms with Crippen molar-refractivity contribution in [2.75, 3.05) is 13.2 Å². The molecule has 2 N–H and O–H groups in total. The van der Waals surface area contributed by atoms with Gasteiger partial charge in [0.25, 0.3) is 5.91 Å². The summed E-state index contributed by atoms with van der Waals surface area (Å²) in [7, 11) is 0. The smallest absolute Gasteiger partial charge is 0.287 e. The van der Waals surface area contributed by atoms with Crippen LogP contribution in [0.2, 0.25) is 0 Å². The predicted octanol–water partition coefficient (Wildman–Crippen LogP) is 2.48. The number of ether oxygens (including phenoxy) is 1. The summed E-state index contributed by atoms with van der Waals surface area (Å²) in [6.45, 7) is 2.74. The van der Waals surface area contributed by atoms with Gasteiger partial charge in [0.15, 0.2) is 5.76 Å². The minimum absolute atomic E-state index is 0.106. The Balaban J connectivity index is 1.83. The van der Waals surface area contributed by atoms with Gasteiger partial charge in [-0.2, -0.15) is 5.26 Å². The van der Waals surface area contributed by atoms with Crippen molar-refractivity contribution < 1.29 is 19.1 Å². The first-order valence-electron chi connectivity index (χ1n) is 7.73. The zero-order valence-electron chi connectivity index (χ0n) is 13.5. The van der Waals surface area contributed by atoms with Gasteiger partial charge in [0, 0.05) is 13.2 Å². The Bertz CT molecular complexity index is 701. The Morgan fingerprint density at radius 1 is 1.33 bits per heavy atom. The number of hydrogen-bond acceptors (Lipinski definition) is 5. The number of amides is 1. The quantitative estimate of drug-likeness (QED) is 0.776. The number of furan rings is 1. The number of benzene rings is 1. The summed E-state index contributed by atoms with van der Waals surface area (Å²) in [5.41, 5.74) is 0.565. The van der Waals surface area contributed by atoms with E-state index in [2.05, 4.69) is 5.32 Å². The summed E-state index contributed by atoms with van der Waals surface area (Å²) in [4.78, 5) is 12.0. The number of nitriles is 1. The van der Waals surface area contributed by atoms with Crippen molar-refractivity contribution in [3.63, 3.8) is 0 Å². The van der Waals surface area contributed by atoms with Crippen LogP contribution in [-0.4, -0.2) is 24.2 Å². The van der Waals surface area contributed by atoms with Crippen LogP contribution in [0.4, 0.5) is 0 Å². The summed E-state index contributed by atoms with van der Waals surface area (Å²) >= 11 is 0. The SMILES string of the molecule is CC(CCO)CNC(=O)c1ccc(COc2ccc(C#N)cc2)o1. The lowest BCUT2D eigenvalue weighted by Crippen LogP contribution is -2.28. The third-order valence-corrected chi connectivity index (χ3v) is 3.48. The first-order valence-corrected chi connectivity index (χ1v) is 7.73. The second kappa shape index (κ2) is 8.75. The lowest BCUT2D eigenvalue weighted by molar-refractivity contribution is 0.0913. The molecular formula is C18H20N2O4. The molecule has 2 aromatic rings. The average Bonchev–Trinajstić information content (AvgIpc) is 3.07. The summed E-state index contributed by atoms with van der Waals surface area (Å²) in [5, 5.41) is 20.4. The van der Waals surface area contributed by atoms with Gasteiger partial charge in [0.05, 0.1) is 11.6 Å². The number of aliphatic hydroxyl groups excluding tert-OH is 1. The lowest BCUT2D eigenvalue weighted by Gasteiger charge is -2.09. The van der Waals surface area contributed by atoms with Gasteiger partial charge in [-0.05, 0) is 48.7 Å². The molecular weight excluding hydrogens is 308 g/mol. The molecule has 0 saturated heterocycles. The minimum atomic E-state index is -0.288. The van der Waals surface area contributed by atoms with Crippen LogP contribution in [0.3, 0.4) is 0 Å². The van der Waals surface area contributed by atoms with E-state index < -0.39 is 0 Å². The Hall–Kier alpha value is -2.78. The van der Waals surface area contributed by atoms with Crippen molar-refractivity contribution in [2.45, 2.75) is 20.0 Å². The topological polar surface area (TPSA) is 95.5 Å². The number of nitrogens with zero attached hydrogens (tertiary/aromatic N) is 1. The number of carbonyl (C=O) groups is 1. The monoisotopic (exact) mass is 328 g/mol. The highest BCUT2D eigenvalue weighted by atomic mass is 16.5. The van der Waals surface area contributed by atoms with Crippen LogP contribution in [0.5, 0.6) is 5.75 Å². The molecule has 0 aliphatic carbocycles. The first kappa shape index (κ1) is 17.6. The van der Waals surface area contributed by atoms with E-state index >= 15 is 0 Å². The van der Waals surface area contributed by atoms with Crippen LogP contribution in [-0.2, 0) is 6.61 Å². The van der Waals surface area contributed by atoms with Gasteiger partial charge in [-0.3, -0.25) is 4.79 Å². The molecule has 6 heteroatoms. The summed E-state index contributed by atoms with van der Waals surface area (Å²) in [6.07, 6.45) is 0.641. The molecule has 1 aromatic carbocycles. The normalized spacial score (nSPS) is 11.5. The molecule has 0 fully saturated rings. The lowest BCUT2D eigenvalue weighted by atomic mass is 10.1. The van der Waals surface area contributed by atoms with Gasteiger partial charge < -0.3 is 19.6 Å². The Kier molecular flexibility index (Phi) is 6.41. The third kappa shape index (κ3) is 5.14. The van der Waals surface area contributed by atoms with Gasteiger partial charge in [-0.25, -0.2) is 0 Å². The highest BCUT2D eigenvalue weighted by Crippen LogP contribution is 2.15. The van der Waals surface area contributed by atoms with Gasteiger partial charge in [-0.15, -0.1) is 0 Å². The number of nitrogens with one attached hydrogen (secondary N) is 1. The van der Waals surface area contributed by atoms with E-state index in [-0.39, 0.29) is 30.8 Å². The molecule has 0 aliphatic heterocycles. The minimum Gasteiger partial charge on any atom is -0.486 e. The summed E-state index contributed by atoms with van der Waals surface area (Å²) in [6, 6.07) is 12.1. The van der Waals surface area contributed by atoms with E-state index in [0.717, 1.165) is 0 Å². The molecule has 24 heavy (non-hydrogen) atoms. The summed E-state index contributed by atoms with van der Waals surface area (Å²) < 4.78 is 11.0. The molecule has 1 aromatic heterocycles. The van der Waals surface area contributed by atoms with Gasteiger partial charge >= 0.3 is 0 Å². The molecule has 1 atom stereocenters. The maximum atomic E-state index is 12.0. The molecule has 126 valence electrons.